The normalized spacial score (nSPS) is 31.5. The molecule has 0 bridgehead atoms. The van der Waals surface area contributed by atoms with E-state index in [0.717, 1.165) is 19.3 Å². The summed E-state index contributed by atoms with van der Waals surface area (Å²) in [6.45, 7) is 12.4. The largest absolute Gasteiger partial charge is 0.386 e. The van der Waals surface area contributed by atoms with Gasteiger partial charge in [0, 0.05) is 4.83 Å². The number of halogens is 1. The molecule has 1 aliphatic rings. The van der Waals surface area contributed by atoms with Crippen LogP contribution in [0.3, 0.4) is 0 Å². The number of allylic oxidation sites excluding steroid dienone is 2. The quantitative estimate of drug-likeness (QED) is 0.600. The van der Waals surface area contributed by atoms with E-state index in [4.69, 9.17) is 0 Å². The van der Waals surface area contributed by atoms with Crippen molar-refractivity contribution in [3.63, 3.8) is 0 Å². The molecule has 2 heteroatoms. The van der Waals surface area contributed by atoms with Crippen LogP contribution in [0.1, 0.15) is 47.0 Å². The predicted octanol–water partition coefficient (Wildman–Crippen LogP) is 4.46. The molecule has 1 N–H and O–H groups in total. The molecule has 0 amide bonds. The number of hydrogen-bond donors (Lipinski definition) is 1. The molecule has 0 saturated carbocycles. The molecule has 3 atom stereocenters. The molecule has 1 rings (SSSR count). The zero-order valence-corrected chi connectivity index (χ0v) is 13.0. The maximum Gasteiger partial charge on any atom is 0.0797 e. The molecule has 1 aliphatic carbocycles. The van der Waals surface area contributed by atoms with Crippen LogP contribution in [-0.2, 0) is 0 Å². The Labute approximate surface area is 114 Å². The van der Waals surface area contributed by atoms with E-state index in [9.17, 15) is 5.11 Å². The van der Waals surface area contributed by atoms with Gasteiger partial charge in [0.15, 0.2) is 0 Å². The minimum absolute atomic E-state index is 0.246. The van der Waals surface area contributed by atoms with Crippen LogP contribution in [0.25, 0.3) is 0 Å². The summed E-state index contributed by atoms with van der Waals surface area (Å²) in [5.41, 5.74) is 0.969. The first-order valence-corrected chi connectivity index (χ1v) is 7.29. The summed E-state index contributed by atoms with van der Waals surface area (Å²) in [4.78, 5) is 0.525. The molecule has 17 heavy (non-hydrogen) atoms. The summed E-state index contributed by atoms with van der Waals surface area (Å²) in [5.74, 6) is 0.534. The lowest BCUT2D eigenvalue weighted by atomic mass is 9.66. The van der Waals surface area contributed by atoms with E-state index in [2.05, 4.69) is 49.4 Å². The minimum atomic E-state index is -0.740. The molecule has 0 saturated heterocycles. The average Bonchev–Trinajstić information content (AvgIpc) is 2.23. The summed E-state index contributed by atoms with van der Waals surface area (Å²) in [7, 11) is 0. The third-order valence-corrected chi connectivity index (χ3v) is 5.83. The van der Waals surface area contributed by atoms with Crippen LogP contribution in [-0.4, -0.2) is 15.5 Å². The molecular formula is C15H25BrO. The van der Waals surface area contributed by atoms with E-state index in [1.807, 2.05) is 6.92 Å². The van der Waals surface area contributed by atoms with Crippen molar-refractivity contribution < 1.29 is 5.11 Å². The zero-order chi connectivity index (χ0) is 13.3. The first-order valence-electron chi connectivity index (χ1n) is 6.37. The summed E-state index contributed by atoms with van der Waals surface area (Å²) in [6.07, 6.45) is 6.87. The second kappa shape index (κ2) is 5.27. The highest BCUT2D eigenvalue weighted by Crippen LogP contribution is 2.47. The maximum absolute atomic E-state index is 10.0. The molecule has 0 aromatic rings. The van der Waals surface area contributed by atoms with Gasteiger partial charge >= 0.3 is 0 Å². The summed E-state index contributed by atoms with van der Waals surface area (Å²) in [5, 5.41) is 10.0. The van der Waals surface area contributed by atoms with Gasteiger partial charge in [0.1, 0.15) is 0 Å². The second-order valence-corrected chi connectivity index (χ2v) is 7.23. The van der Waals surface area contributed by atoms with Crippen LogP contribution in [0.4, 0.5) is 0 Å². The first-order chi connectivity index (χ1) is 7.70. The van der Waals surface area contributed by atoms with E-state index < -0.39 is 5.60 Å². The van der Waals surface area contributed by atoms with Gasteiger partial charge in [0.25, 0.3) is 0 Å². The van der Waals surface area contributed by atoms with Crippen molar-refractivity contribution in [1.82, 2.24) is 0 Å². The molecule has 0 aromatic heterocycles. The van der Waals surface area contributed by atoms with Crippen molar-refractivity contribution in [2.45, 2.75) is 57.4 Å². The Kier molecular flexibility index (Phi) is 4.65. The Morgan fingerprint density at radius 2 is 2.24 bits per heavy atom. The fraction of sp³-hybridized carbons (Fsp3) is 0.733. The summed E-state index contributed by atoms with van der Waals surface area (Å²) in [6, 6.07) is 0. The molecule has 0 fully saturated rings. The summed E-state index contributed by atoms with van der Waals surface area (Å²) >= 11 is 3.79. The molecule has 0 spiro atoms. The summed E-state index contributed by atoms with van der Waals surface area (Å²) < 4.78 is 0. The first kappa shape index (κ1) is 15.0. The average molecular weight is 301 g/mol. The van der Waals surface area contributed by atoms with Gasteiger partial charge in [-0.2, -0.15) is 0 Å². The fourth-order valence-electron chi connectivity index (χ4n) is 2.68. The van der Waals surface area contributed by atoms with Crippen molar-refractivity contribution in [2.24, 2.45) is 11.3 Å². The molecule has 2 unspecified atom stereocenters. The highest BCUT2D eigenvalue weighted by Gasteiger charge is 2.39. The van der Waals surface area contributed by atoms with Gasteiger partial charge < -0.3 is 5.11 Å². The third kappa shape index (κ3) is 3.45. The monoisotopic (exact) mass is 300 g/mol. The van der Waals surface area contributed by atoms with Crippen LogP contribution in [0, 0.1) is 11.3 Å². The highest BCUT2D eigenvalue weighted by atomic mass is 79.9. The maximum atomic E-state index is 10.0. The Hall–Kier alpha value is -0.0800. The predicted molar refractivity (Wildman–Crippen MR) is 78.4 cm³/mol. The van der Waals surface area contributed by atoms with Gasteiger partial charge in [-0.1, -0.05) is 47.5 Å². The Balaban J connectivity index is 2.77. The number of hydrogen-bond acceptors (Lipinski definition) is 1. The molecule has 98 valence electrons. The van der Waals surface area contributed by atoms with E-state index in [0.29, 0.717) is 10.7 Å². The number of alkyl halides is 1. The Morgan fingerprint density at radius 3 is 2.76 bits per heavy atom. The molecule has 0 heterocycles. The van der Waals surface area contributed by atoms with Crippen molar-refractivity contribution in [2.75, 3.05) is 0 Å². The van der Waals surface area contributed by atoms with E-state index in [1.165, 1.54) is 5.57 Å². The lowest BCUT2D eigenvalue weighted by molar-refractivity contribution is 0.0839. The minimum Gasteiger partial charge on any atom is -0.386 e. The van der Waals surface area contributed by atoms with Gasteiger partial charge in [-0.25, -0.2) is 0 Å². The van der Waals surface area contributed by atoms with Crippen LogP contribution in [0.15, 0.2) is 24.3 Å². The van der Waals surface area contributed by atoms with Gasteiger partial charge in [-0.15, -0.1) is 6.58 Å². The Bertz CT molecular complexity index is 315. The van der Waals surface area contributed by atoms with Crippen LogP contribution < -0.4 is 0 Å². The number of aliphatic hydroxyl groups is 1. The standard InChI is InChI=1S/C15H25BrO/c1-6-15(5,17)10-9-12-11(2)7-8-13(16)14(12,3)4/h6-7,12-13,17H,1,8-10H2,2-5H3/t12?,13-,15?/m0/s1. The fourth-order valence-corrected chi connectivity index (χ4v) is 3.18. The van der Waals surface area contributed by atoms with E-state index >= 15 is 0 Å². The van der Waals surface area contributed by atoms with Crippen LogP contribution in [0.5, 0.6) is 0 Å². The molecular weight excluding hydrogens is 276 g/mol. The molecule has 0 aliphatic heterocycles. The highest BCUT2D eigenvalue weighted by molar-refractivity contribution is 9.09. The second-order valence-electron chi connectivity index (χ2n) is 6.13. The topological polar surface area (TPSA) is 20.2 Å². The van der Waals surface area contributed by atoms with Gasteiger partial charge in [0.05, 0.1) is 5.60 Å². The smallest absolute Gasteiger partial charge is 0.0797 e. The van der Waals surface area contributed by atoms with Crippen LogP contribution >= 0.6 is 15.9 Å². The van der Waals surface area contributed by atoms with Crippen LogP contribution in [0.2, 0.25) is 0 Å². The van der Waals surface area contributed by atoms with Gasteiger partial charge in [-0.05, 0) is 44.4 Å². The van der Waals surface area contributed by atoms with Gasteiger partial charge in [-0.3, -0.25) is 0 Å². The lowest BCUT2D eigenvalue weighted by Gasteiger charge is -2.43. The molecule has 0 aromatic carbocycles. The van der Waals surface area contributed by atoms with Gasteiger partial charge in [0.2, 0.25) is 0 Å². The SMILES string of the molecule is C=CC(C)(O)CCC1C(C)=CC[C@H](Br)C1(C)C. The molecule has 1 nitrogen and oxygen atoms in total. The number of rotatable bonds is 4. The van der Waals surface area contributed by atoms with Crippen molar-refractivity contribution in [3.05, 3.63) is 24.3 Å². The van der Waals surface area contributed by atoms with E-state index in [-0.39, 0.29) is 5.41 Å². The van der Waals surface area contributed by atoms with Crippen molar-refractivity contribution in [1.29, 1.82) is 0 Å². The van der Waals surface area contributed by atoms with E-state index in [1.54, 1.807) is 6.08 Å². The van der Waals surface area contributed by atoms with Crippen molar-refractivity contribution in [3.8, 4) is 0 Å². The third-order valence-electron chi connectivity index (χ3n) is 4.28. The van der Waals surface area contributed by atoms with Crippen molar-refractivity contribution >= 4 is 15.9 Å². The molecule has 0 radical (unpaired) electrons. The Morgan fingerprint density at radius 1 is 1.65 bits per heavy atom. The zero-order valence-electron chi connectivity index (χ0n) is 11.5. The lowest BCUT2D eigenvalue weighted by Crippen LogP contribution is -2.37.